The summed E-state index contributed by atoms with van der Waals surface area (Å²) in [6.07, 6.45) is 1.65. The van der Waals surface area contributed by atoms with Crippen molar-refractivity contribution >= 4 is 32.4 Å². The van der Waals surface area contributed by atoms with Gasteiger partial charge in [-0.3, -0.25) is 10.1 Å². The summed E-state index contributed by atoms with van der Waals surface area (Å²) < 4.78 is 37.8. The van der Waals surface area contributed by atoms with Gasteiger partial charge in [0.1, 0.15) is 16.7 Å². The molecule has 27 heavy (non-hydrogen) atoms. The summed E-state index contributed by atoms with van der Waals surface area (Å²) in [4.78, 5) is 17.6. The number of ether oxygens (including phenoxy) is 1. The minimum absolute atomic E-state index is 0.127. The zero-order chi connectivity index (χ0) is 19.2. The van der Waals surface area contributed by atoms with Crippen molar-refractivity contribution < 1.29 is 22.5 Å². The fraction of sp³-hybridized carbons (Fsp3) is 0.562. The van der Waals surface area contributed by atoms with E-state index in [2.05, 4.69) is 15.5 Å². The van der Waals surface area contributed by atoms with E-state index in [0.29, 0.717) is 36.8 Å². The fourth-order valence-electron chi connectivity index (χ4n) is 3.37. The van der Waals surface area contributed by atoms with Gasteiger partial charge in [-0.2, -0.15) is 4.31 Å². The molecule has 2 aromatic rings. The third-order valence-corrected chi connectivity index (χ3v) is 7.80. The first-order chi connectivity index (χ1) is 12.9. The monoisotopic (exact) mass is 412 g/mol. The van der Waals surface area contributed by atoms with E-state index in [9.17, 15) is 13.2 Å². The predicted octanol–water partition coefficient (Wildman–Crippen LogP) is 1.61. The number of hydrogen-bond donors (Lipinski definition) is 1. The number of nitrogens with one attached hydrogen (secondary N) is 1. The van der Waals surface area contributed by atoms with E-state index < -0.39 is 16.1 Å². The SMILES string of the molecule is Cc1noc(C)c1S(=O)(=O)N1CCc2nc(NC(=O)[C@H]3CCCO3)sc2C1. The third-order valence-electron chi connectivity index (χ3n) is 4.71. The summed E-state index contributed by atoms with van der Waals surface area (Å²) in [5, 5.41) is 7.02. The number of sulfonamides is 1. The van der Waals surface area contributed by atoms with Gasteiger partial charge in [-0.1, -0.05) is 5.16 Å². The van der Waals surface area contributed by atoms with Gasteiger partial charge in [0.05, 0.1) is 12.2 Å². The van der Waals surface area contributed by atoms with Crippen molar-refractivity contribution in [1.82, 2.24) is 14.4 Å². The van der Waals surface area contributed by atoms with Crippen molar-refractivity contribution in [2.75, 3.05) is 18.5 Å². The number of aromatic nitrogens is 2. The number of aryl methyl sites for hydroxylation is 2. The van der Waals surface area contributed by atoms with Gasteiger partial charge >= 0.3 is 0 Å². The van der Waals surface area contributed by atoms with Crippen molar-refractivity contribution in [1.29, 1.82) is 0 Å². The second kappa shape index (κ2) is 6.97. The molecule has 1 saturated heterocycles. The molecule has 1 fully saturated rings. The maximum atomic E-state index is 13.0. The zero-order valence-corrected chi connectivity index (χ0v) is 16.7. The molecule has 11 heteroatoms. The summed E-state index contributed by atoms with van der Waals surface area (Å²) in [7, 11) is -3.70. The number of fused-ring (bicyclic) bond motifs is 1. The number of nitrogens with zero attached hydrogens (tertiary/aromatic N) is 3. The molecule has 2 aliphatic heterocycles. The molecule has 1 amide bonds. The van der Waals surface area contributed by atoms with Gasteiger partial charge < -0.3 is 9.26 Å². The van der Waals surface area contributed by atoms with E-state index in [-0.39, 0.29) is 23.1 Å². The number of anilines is 1. The number of thiazole rings is 1. The lowest BCUT2D eigenvalue weighted by atomic mass is 10.2. The maximum Gasteiger partial charge on any atom is 0.255 e. The topological polar surface area (TPSA) is 115 Å². The summed E-state index contributed by atoms with van der Waals surface area (Å²) >= 11 is 1.30. The Labute approximate surface area is 160 Å². The van der Waals surface area contributed by atoms with Crippen LogP contribution in [0.1, 0.15) is 34.9 Å². The minimum Gasteiger partial charge on any atom is -0.368 e. The average Bonchev–Trinajstić information content (AvgIpc) is 3.34. The van der Waals surface area contributed by atoms with E-state index >= 15 is 0 Å². The van der Waals surface area contributed by atoms with Crippen LogP contribution in [0, 0.1) is 13.8 Å². The van der Waals surface area contributed by atoms with Gasteiger partial charge in [-0.15, -0.1) is 11.3 Å². The van der Waals surface area contributed by atoms with Crippen LogP contribution in [0.5, 0.6) is 0 Å². The predicted molar refractivity (Wildman–Crippen MR) is 97.0 cm³/mol. The van der Waals surface area contributed by atoms with Crippen LogP contribution in [0.3, 0.4) is 0 Å². The maximum absolute atomic E-state index is 13.0. The van der Waals surface area contributed by atoms with Crippen molar-refractivity contribution in [3.8, 4) is 0 Å². The molecule has 9 nitrogen and oxygen atoms in total. The van der Waals surface area contributed by atoms with Crippen LogP contribution in [0.25, 0.3) is 0 Å². The first-order valence-electron chi connectivity index (χ1n) is 8.70. The molecule has 2 aromatic heterocycles. The summed E-state index contributed by atoms with van der Waals surface area (Å²) in [6.45, 7) is 4.34. The highest BCUT2D eigenvalue weighted by Gasteiger charge is 2.35. The van der Waals surface area contributed by atoms with Crippen molar-refractivity contribution in [2.45, 2.75) is 50.7 Å². The zero-order valence-electron chi connectivity index (χ0n) is 15.0. The molecule has 0 aromatic carbocycles. The van der Waals surface area contributed by atoms with Crippen molar-refractivity contribution in [3.63, 3.8) is 0 Å². The first kappa shape index (κ1) is 18.5. The van der Waals surface area contributed by atoms with Crippen LogP contribution in [0.2, 0.25) is 0 Å². The molecule has 0 aliphatic carbocycles. The Kier molecular flexibility index (Phi) is 4.78. The molecule has 0 saturated carbocycles. The Balaban J connectivity index is 1.52. The number of carbonyl (C=O) groups is 1. The molecular weight excluding hydrogens is 392 g/mol. The summed E-state index contributed by atoms with van der Waals surface area (Å²) in [6, 6.07) is 0. The second-order valence-corrected chi connectivity index (χ2v) is 9.58. The molecular formula is C16H20N4O5S2. The van der Waals surface area contributed by atoms with Gasteiger partial charge in [-0.25, -0.2) is 13.4 Å². The molecule has 0 bridgehead atoms. The normalized spacial score (nSPS) is 20.6. The largest absolute Gasteiger partial charge is 0.368 e. The lowest BCUT2D eigenvalue weighted by Gasteiger charge is -2.25. The van der Waals surface area contributed by atoms with E-state index in [4.69, 9.17) is 9.26 Å². The van der Waals surface area contributed by atoms with Crippen LogP contribution in [0.4, 0.5) is 5.13 Å². The standard InChI is InChI=1S/C16H20N4O5S2/c1-9-14(10(2)25-19-9)27(22,23)20-6-5-11-13(8-20)26-16(17-11)18-15(21)12-4-3-7-24-12/h12H,3-8H2,1-2H3,(H,17,18,21)/t12-/m1/s1. The van der Waals surface area contributed by atoms with E-state index in [1.54, 1.807) is 13.8 Å². The van der Waals surface area contributed by atoms with Gasteiger partial charge in [0, 0.05) is 24.4 Å². The Morgan fingerprint density at radius 2 is 2.19 bits per heavy atom. The van der Waals surface area contributed by atoms with Crippen LogP contribution in [-0.2, 0) is 32.5 Å². The van der Waals surface area contributed by atoms with Crippen LogP contribution < -0.4 is 5.32 Å². The van der Waals surface area contributed by atoms with E-state index in [1.807, 2.05) is 0 Å². The molecule has 0 unspecified atom stereocenters. The lowest BCUT2D eigenvalue weighted by molar-refractivity contribution is -0.124. The number of amides is 1. The number of hydrogen-bond acceptors (Lipinski definition) is 8. The number of rotatable bonds is 4. The molecule has 2 aliphatic rings. The second-order valence-electron chi connectivity index (χ2n) is 6.62. The molecule has 1 atom stereocenters. The van der Waals surface area contributed by atoms with Gasteiger partial charge in [0.25, 0.3) is 5.91 Å². The molecule has 0 spiro atoms. The summed E-state index contributed by atoms with van der Waals surface area (Å²) in [5.74, 6) is 0.0888. The smallest absolute Gasteiger partial charge is 0.255 e. The van der Waals surface area contributed by atoms with Gasteiger partial charge in [0.2, 0.25) is 10.0 Å². The van der Waals surface area contributed by atoms with Crippen LogP contribution >= 0.6 is 11.3 Å². The fourth-order valence-corrected chi connectivity index (χ4v) is 6.18. The molecule has 1 N–H and O–H groups in total. The Morgan fingerprint density at radius 1 is 1.37 bits per heavy atom. The van der Waals surface area contributed by atoms with Gasteiger partial charge in [0.15, 0.2) is 10.9 Å². The quantitative estimate of drug-likeness (QED) is 0.811. The van der Waals surface area contributed by atoms with E-state index in [1.165, 1.54) is 15.6 Å². The molecule has 0 radical (unpaired) electrons. The molecule has 146 valence electrons. The summed E-state index contributed by atoms with van der Waals surface area (Å²) in [5.41, 5.74) is 1.18. The van der Waals surface area contributed by atoms with Gasteiger partial charge in [-0.05, 0) is 26.7 Å². The molecule has 4 rings (SSSR count). The highest BCUT2D eigenvalue weighted by molar-refractivity contribution is 7.89. The van der Waals surface area contributed by atoms with Crippen LogP contribution in [0.15, 0.2) is 9.42 Å². The Bertz CT molecular complexity index is 956. The van der Waals surface area contributed by atoms with Crippen molar-refractivity contribution in [2.24, 2.45) is 0 Å². The lowest BCUT2D eigenvalue weighted by Crippen LogP contribution is -2.36. The number of carbonyl (C=O) groups excluding carboxylic acids is 1. The Morgan fingerprint density at radius 3 is 2.85 bits per heavy atom. The highest BCUT2D eigenvalue weighted by Crippen LogP contribution is 2.32. The van der Waals surface area contributed by atoms with E-state index in [0.717, 1.165) is 17.0 Å². The average molecular weight is 412 g/mol. The first-order valence-corrected chi connectivity index (χ1v) is 11.0. The van der Waals surface area contributed by atoms with Crippen molar-refractivity contribution in [3.05, 3.63) is 22.0 Å². The molecule has 4 heterocycles. The highest BCUT2D eigenvalue weighted by atomic mass is 32.2. The van der Waals surface area contributed by atoms with Crippen LogP contribution in [-0.4, -0.2) is 48.0 Å². The Hall–Kier alpha value is -1.82. The minimum atomic E-state index is -3.70. The third kappa shape index (κ3) is 3.40.